The Bertz CT molecular complexity index is 472. The summed E-state index contributed by atoms with van der Waals surface area (Å²) in [5.74, 6) is -1.09. The molecule has 3 nitrogen and oxygen atoms in total. The highest BCUT2D eigenvalue weighted by Crippen LogP contribution is 2.29. The SMILES string of the molecule is Cc1[nH]c(OC(F)(F)F)cc(=O)c1C(F)(F)F. The topological polar surface area (TPSA) is 42.1 Å². The molecule has 0 unspecified atom stereocenters. The molecule has 9 heteroatoms. The molecule has 1 aromatic heterocycles. The second kappa shape index (κ2) is 3.97. The van der Waals surface area contributed by atoms with E-state index < -0.39 is 35.1 Å². The van der Waals surface area contributed by atoms with E-state index in [1.165, 1.54) is 0 Å². The fraction of sp³-hybridized carbons (Fsp3) is 0.375. The Kier molecular flexibility index (Phi) is 3.13. The largest absolute Gasteiger partial charge is 0.574 e. The van der Waals surface area contributed by atoms with Crippen molar-refractivity contribution in [3.63, 3.8) is 0 Å². The minimum atomic E-state index is -5.09. The Balaban J connectivity index is 3.25. The molecule has 0 atom stereocenters. The molecule has 17 heavy (non-hydrogen) atoms. The summed E-state index contributed by atoms with van der Waals surface area (Å²) in [5, 5.41) is 0. The molecule has 0 aromatic carbocycles. The zero-order valence-corrected chi connectivity index (χ0v) is 8.16. The van der Waals surface area contributed by atoms with Crippen LogP contribution >= 0.6 is 0 Å². The molecule has 0 radical (unpaired) electrons. The van der Waals surface area contributed by atoms with E-state index in [9.17, 15) is 31.1 Å². The molecular formula is C8H5F6NO2. The van der Waals surface area contributed by atoms with Crippen molar-refractivity contribution in [2.24, 2.45) is 0 Å². The number of aromatic nitrogens is 1. The molecule has 0 saturated heterocycles. The molecule has 1 heterocycles. The highest BCUT2D eigenvalue weighted by atomic mass is 19.4. The van der Waals surface area contributed by atoms with Crippen molar-refractivity contribution >= 4 is 0 Å². The van der Waals surface area contributed by atoms with Gasteiger partial charge in [0.05, 0.1) is 0 Å². The number of nitrogens with one attached hydrogen (secondary N) is 1. The van der Waals surface area contributed by atoms with Crippen LogP contribution in [0.5, 0.6) is 5.88 Å². The highest BCUT2D eigenvalue weighted by Gasteiger charge is 2.37. The molecule has 0 saturated carbocycles. The van der Waals surface area contributed by atoms with Crippen LogP contribution < -0.4 is 10.2 Å². The van der Waals surface area contributed by atoms with Crippen LogP contribution in [0, 0.1) is 6.92 Å². The first kappa shape index (κ1) is 13.4. The van der Waals surface area contributed by atoms with Gasteiger partial charge in [-0.25, -0.2) is 0 Å². The molecule has 0 amide bonds. The van der Waals surface area contributed by atoms with Gasteiger partial charge in [0.15, 0.2) is 5.43 Å². The third-order valence-corrected chi connectivity index (χ3v) is 1.70. The maximum absolute atomic E-state index is 12.3. The molecule has 1 aromatic rings. The number of ether oxygens (including phenoxy) is 1. The Morgan fingerprint density at radius 2 is 1.71 bits per heavy atom. The zero-order chi connectivity index (χ0) is 13.4. The van der Waals surface area contributed by atoms with Crippen LogP contribution in [0.2, 0.25) is 0 Å². The van der Waals surface area contributed by atoms with Crippen LogP contribution in [0.15, 0.2) is 10.9 Å². The van der Waals surface area contributed by atoms with Crippen LogP contribution in [0.25, 0.3) is 0 Å². The number of hydrogen-bond acceptors (Lipinski definition) is 2. The summed E-state index contributed by atoms with van der Waals surface area (Å²) in [6, 6.07) is 0.101. The van der Waals surface area contributed by atoms with E-state index >= 15 is 0 Å². The Hall–Kier alpha value is -1.67. The molecule has 0 spiro atoms. The van der Waals surface area contributed by atoms with Crippen LogP contribution in [-0.2, 0) is 6.18 Å². The van der Waals surface area contributed by atoms with Gasteiger partial charge in [0.1, 0.15) is 5.56 Å². The highest BCUT2D eigenvalue weighted by molar-refractivity contribution is 5.27. The lowest BCUT2D eigenvalue weighted by Gasteiger charge is -2.12. The quantitative estimate of drug-likeness (QED) is 0.789. The molecule has 0 fully saturated rings. The van der Waals surface area contributed by atoms with E-state index in [1.54, 1.807) is 4.98 Å². The smallest absolute Gasteiger partial charge is 0.390 e. The molecule has 0 aliphatic carbocycles. The predicted octanol–water partition coefficient (Wildman–Crippen LogP) is 2.60. The van der Waals surface area contributed by atoms with E-state index in [1.807, 2.05) is 0 Å². The third-order valence-electron chi connectivity index (χ3n) is 1.70. The summed E-state index contributed by atoms with van der Waals surface area (Å²) < 4.78 is 75.5. The Labute approximate surface area is 90.0 Å². The first-order valence-electron chi connectivity index (χ1n) is 4.07. The molecule has 96 valence electrons. The second-order valence-electron chi connectivity index (χ2n) is 3.04. The monoisotopic (exact) mass is 261 g/mol. The van der Waals surface area contributed by atoms with Gasteiger partial charge in [0.2, 0.25) is 5.88 Å². The van der Waals surface area contributed by atoms with E-state index in [0.29, 0.717) is 0 Å². The maximum atomic E-state index is 12.3. The molecule has 0 bridgehead atoms. The first-order valence-corrected chi connectivity index (χ1v) is 4.07. The van der Waals surface area contributed by atoms with Gasteiger partial charge >= 0.3 is 12.5 Å². The number of halogens is 6. The molecule has 0 aliphatic rings. The average molecular weight is 261 g/mol. The minimum absolute atomic E-state index is 0.101. The fourth-order valence-electron chi connectivity index (χ4n) is 1.19. The van der Waals surface area contributed by atoms with E-state index in [0.717, 1.165) is 6.92 Å². The van der Waals surface area contributed by atoms with Crippen molar-refractivity contribution in [2.75, 3.05) is 0 Å². The van der Waals surface area contributed by atoms with Crippen molar-refractivity contribution < 1.29 is 31.1 Å². The van der Waals surface area contributed by atoms with Crippen LogP contribution in [0.3, 0.4) is 0 Å². The number of aryl methyl sites for hydroxylation is 1. The summed E-state index contributed by atoms with van der Waals surface area (Å²) in [4.78, 5) is 12.7. The van der Waals surface area contributed by atoms with Crippen molar-refractivity contribution in [2.45, 2.75) is 19.5 Å². The normalized spacial score (nSPS) is 12.6. The van der Waals surface area contributed by atoms with E-state index in [4.69, 9.17) is 0 Å². The van der Waals surface area contributed by atoms with Crippen molar-refractivity contribution in [1.29, 1.82) is 0 Å². The maximum Gasteiger partial charge on any atom is 0.574 e. The van der Waals surface area contributed by atoms with Crippen LogP contribution in [0.4, 0.5) is 26.3 Å². The minimum Gasteiger partial charge on any atom is -0.390 e. The van der Waals surface area contributed by atoms with Crippen LogP contribution in [-0.4, -0.2) is 11.3 Å². The predicted molar refractivity (Wildman–Crippen MR) is 43.5 cm³/mol. The number of aromatic amines is 1. The second-order valence-corrected chi connectivity index (χ2v) is 3.04. The number of pyridine rings is 1. The van der Waals surface area contributed by atoms with Crippen LogP contribution in [0.1, 0.15) is 11.3 Å². The number of rotatable bonds is 1. The van der Waals surface area contributed by atoms with Gasteiger partial charge in [-0.05, 0) is 6.92 Å². The van der Waals surface area contributed by atoms with Gasteiger partial charge in [-0.3, -0.25) is 4.79 Å². The van der Waals surface area contributed by atoms with Gasteiger partial charge in [-0.15, -0.1) is 13.2 Å². The number of alkyl halides is 6. The van der Waals surface area contributed by atoms with Gasteiger partial charge in [-0.1, -0.05) is 0 Å². The molecule has 0 aliphatic heterocycles. The summed E-state index contributed by atoms with van der Waals surface area (Å²) in [6.07, 6.45) is -10.0. The van der Waals surface area contributed by atoms with Gasteiger partial charge in [-0.2, -0.15) is 13.2 Å². The lowest BCUT2D eigenvalue weighted by molar-refractivity contribution is -0.276. The standard InChI is InChI=1S/C8H5F6NO2/c1-3-6(7(9,10)11)4(16)2-5(15-3)17-8(12,13)14/h2H,1H3,(H,15,16). The number of hydrogen-bond donors (Lipinski definition) is 1. The Morgan fingerprint density at radius 3 is 2.06 bits per heavy atom. The molecular weight excluding hydrogens is 256 g/mol. The lowest BCUT2D eigenvalue weighted by Crippen LogP contribution is -2.24. The van der Waals surface area contributed by atoms with Gasteiger partial charge in [0, 0.05) is 11.8 Å². The van der Waals surface area contributed by atoms with Crippen molar-refractivity contribution in [3.05, 3.63) is 27.5 Å². The van der Waals surface area contributed by atoms with E-state index in [-0.39, 0.29) is 6.07 Å². The zero-order valence-electron chi connectivity index (χ0n) is 8.16. The molecule has 1 N–H and O–H groups in total. The number of H-pyrrole nitrogens is 1. The summed E-state index contributed by atoms with van der Waals surface area (Å²) in [6.45, 7) is 0.827. The molecule has 1 rings (SSSR count). The lowest BCUT2D eigenvalue weighted by atomic mass is 10.2. The summed E-state index contributed by atoms with van der Waals surface area (Å²) >= 11 is 0. The third kappa shape index (κ3) is 3.40. The fourth-order valence-corrected chi connectivity index (χ4v) is 1.19. The van der Waals surface area contributed by atoms with E-state index in [2.05, 4.69) is 4.74 Å². The van der Waals surface area contributed by atoms with Crippen molar-refractivity contribution in [3.8, 4) is 5.88 Å². The first-order chi connectivity index (χ1) is 7.50. The average Bonchev–Trinajstić information content (AvgIpc) is 1.94. The van der Waals surface area contributed by atoms with Crippen molar-refractivity contribution in [1.82, 2.24) is 4.98 Å². The van der Waals surface area contributed by atoms with Gasteiger partial charge < -0.3 is 9.72 Å². The van der Waals surface area contributed by atoms with Gasteiger partial charge in [0.25, 0.3) is 0 Å². The summed E-state index contributed by atoms with van der Waals surface area (Å²) in [7, 11) is 0. The Morgan fingerprint density at radius 1 is 1.18 bits per heavy atom. The summed E-state index contributed by atoms with van der Waals surface area (Å²) in [5.41, 5.74) is -3.88.